The molecule has 4 heterocycles. The fraction of sp³-hybridized carbons (Fsp3) is 0.238. The van der Waals surface area contributed by atoms with Gasteiger partial charge in [0.15, 0.2) is 16.6 Å². The molecule has 0 aliphatic heterocycles. The summed E-state index contributed by atoms with van der Waals surface area (Å²) in [5, 5.41) is 8.99. The maximum Gasteiger partial charge on any atom is 0.275 e. The Morgan fingerprint density at radius 3 is 2.76 bits per heavy atom. The Morgan fingerprint density at radius 2 is 1.97 bits per heavy atom. The number of rotatable bonds is 6. The first kappa shape index (κ1) is 21.8. The molecule has 5 aromatic rings. The number of benzene rings is 1. The van der Waals surface area contributed by atoms with Crippen molar-refractivity contribution >= 4 is 45.3 Å². The van der Waals surface area contributed by atoms with Crippen molar-refractivity contribution < 1.29 is 0 Å². The molecule has 5 rings (SSSR count). The highest BCUT2D eigenvalue weighted by molar-refractivity contribution is 7.98. The zero-order valence-electron chi connectivity index (χ0n) is 17.6. The van der Waals surface area contributed by atoms with E-state index < -0.39 is 0 Å². The summed E-state index contributed by atoms with van der Waals surface area (Å²) in [6, 6.07) is 10.1. The minimum atomic E-state index is -0.289. The number of aromatic amines is 1. The van der Waals surface area contributed by atoms with Gasteiger partial charge in [0.05, 0.1) is 10.7 Å². The Morgan fingerprint density at radius 1 is 1.15 bits per heavy atom. The molecule has 0 radical (unpaired) electrons. The van der Waals surface area contributed by atoms with Gasteiger partial charge in [-0.15, -0.1) is 0 Å². The van der Waals surface area contributed by atoms with Crippen molar-refractivity contribution in [2.75, 3.05) is 0 Å². The number of fused-ring (bicyclic) bond motifs is 2. The number of nitrogens with zero attached hydrogens (tertiary/aromatic N) is 6. The van der Waals surface area contributed by atoms with Crippen molar-refractivity contribution in [2.45, 2.75) is 31.2 Å². The van der Waals surface area contributed by atoms with Crippen molar-refractivity contribution in [1.29, 1.82) is 0 Å². The molecule has 0 fully saturated rings. The highest BCUT2D eigenvalue weighted by Crippen LogP contribution is 2.28. The highest BCUT2D eigenvalue weighted by atomic mass is 35.5. The second-order valence-electron chi connectivity index (χ2n) is 7.79. The molecule has 0 saturated carbocycles. The van der Waals surface area contributed by atoms with Gasteiger partial charge in [-0.25, -0.2) is 19.5 Å². The monoisotopic (exact) mass is 499 g/mol. The van der Waals surface area contributed by atoms with Crippen LogP contribution in [0.4, 0.5) is 0 Å². The Balaban J connectivity index is 1.50. The number of aromatic nitrogens is 7. The topological polar surface area (TPSA) is 110 Å². The fourth-order valence-corrected chi connectivity index (χ4v) is 5.48. The molecule has 0 bridgehead atoms. The first-order valence-corrected chi connectivity index (χ1v) is 12.3. The summed E-state index contributed by atoms with van der Waals surface area (Å²) in [7, 11) is 0. The second-order valence-corrected chi connectivity index (χ2v) is 10.2. The van der Waals surface area contributed by atoms with E-state index in [1.54, 1.807) is 6.07 Å². The van der Waals surface area contributed by atoms with Crippen molar-refractivity contribution in [2.24, 2.45) is 5.92 Å². The van der Waals surface area contributed by atoms with Crippen LogP contribution in [0.25, 0.3) is 22.0 Å². The molecular weight excluding hydrogens is 482 g/mol. The van der Waals surface area contributed by atoms with Crippen molar-refractivity contribution in [3.8, 4) is 11.4 Å². The highest BCUT2D eigenvalue weighted by Gasteiger charge is 2.15. The maximum absolute atomic E-state index is 12.6. The van der Waals surface area contributed by atoms with Crippen LogP contribution < -0.4 is 11.1 Å². The van der Waals surface area contributed by atoms with E-state index in [1.165, 1.54) is 44.3 Å². The average molecular weight is 500 g/mol. The van der Waals surface area contributed by atoms with Crippen LogP contribution in [-0.2, 0) is 12.2 Å². The third-order valence-corrected chi connectivity index (χ3v) is 6.94. The molecule has 0 atom stereocenters. The third kappa shape index (κ3) is 4.43. The number of hydrogen-bond donors (Lipinski definition) is 1. The zero-order chi connectivity index (χ0) is 23.1. The smallest absolute Gasteiger partial charge is 0.268 e. The lowest BCUT2D eigenvalue weighted by molar-refractivity contribution is 0.635. The van der Waals surface area contributed by atoms with Gasteiger partial charge in [-0.2, -0.15) is 9.61 Å². The van der Waals surface area contributed by atoms with E-state index in [4.69, 9.17) is 11.6 Å². The largest absolute Gasteiger partial charge is 0.275 e. The SMILES string of the molecule is CC(C)Cc1nn2c(=O)cc(CSc3nc(-c4ccccc4Cl)nc4cc(=O)[nH]n34)nc2s1. The molecule has 1 aromatic carbocycles. The van der Waals surface area contributed by atoms with Gasteiger partial charge in [0, 0.05) is 29.9 Å². The lowest BCUT2D eigenvalue weighted by Gasteiger charge is -2.08. The molecule has 0 saturated heterocycles. The van der Waals surface area contributed by atoms with Crippen LogP contribution in [0.15, 0.2) is 51.1 Å². The van der Waals surface area contributed by atoms with E-state index in [2.05, 4.69) is 39.0 Å². The van der Waals surface area contributed by atoms with Crippen molar-refractivity contribution in [3.05, 3.63) is 72.8 Å². The Kier molecular flexibility index (Phi) is 5.77. The number of nitrogens with one attached hydrogen (secondary N) is 1. The molecule has 0 spiro atoms. The molecule has 12 heteroatoms. The molecular formula is C21H18ClN7O2S2. The van der Waals surface area contributed by atoms with E-state index >= 15 is 0 Å². The predicted molar refractivity (Wildman–Crippen MR) is 129 cm³/mol. The normalized spacial score (nSPS) is 11.8. The van der Waals surface area contributed by atoms with Gasteiger partial charge in [0.1, 0.15) is 5.01 Å². The average Bonchev–Trinajstić information content (AvgIpc) is 3.34. The Bertz CT molecular complexity index is 1600. The van der Waals surface area contributed by atoms with Gasteiger partial charge in [-0.1, -0.05) is 60.7 Å². The summed E-state index contributed by atoms with van der Waals surface area (Å²) in [5.41, 5.74) is 1.18. The summed E-state index contributed by atoms with van der Waals surface area (Å²) in [5.74, 6) is 1.22. The van der Waals surface area contributed by atoms with E-state index in [1.807, 2.05) is 18.2 Å². The molecule has 9 nitrogen and oxygen atoms in total. The summed E-state index contributed by atoms with van der Waals surface area (Å²) in [6.45, 7) is 4.21. The Hall–Kier alpha value is -3.02. The van der Waals surface area contributed by atoms with Crippen LogP contribution in [0.2, 0.25) is 5.02 Å². The summed E-state index contributed by atoms with van der Waals surface area (Å²) in [4.78, 5) is 38.8. The van der Waals surface area contributed by atoms with Crippen LogP contribution in [0.3, 0.4) is 0 Å². The first-order valence-electron chi connectivity index (χ1n) is 10.1. The first-order chi connectivity index (χ1) is 15.9. The fourth-order valence-electron chi connectivity index (χ4n) is 3.28. The molecule has 0 aliphatic carbocycles. The summed E-state index contributed by atoms with van der Waals surface area (Å²) in [6.07, 6.45) is 0.794. The van der Waals surface area contributed by atoms with Crippen LogP contribution in [-0.4, -0.2) is 34.2 Å². The number of hydrogen-bond acceptors (Lipinski definition) is 8. The summed E-state index contributed by atoms with van der Waals surface area (Å²) >= 11 is 9.09. The van der Waals surface area contributed by atoms with E-state index in [0.717, 1.165) is 11.4 Å². The van der Waals surface area contributed by atoms with Crippen LogP contribution in [0, 0.1) is 5.92 Å². The molecule has 0 amide bonds. The molecule has 0 unspecified atom stereocenters. The van der Waals surface area contributed by atoms with Crippen LogP contribution in [0.5, 0.6) is 0 Å². The van der Waals surface area contributed by atoms with E-state index in [9.17, 15) is 9.59 Å². The van der Waals surface area contributed by atoms with Gasteiger partial charge in [0.25, 0.3) is 11.1 Å². The number of halogens is 1. The van der Waals surface area contributed by atoms with Gasteiger partial charge >= 0.3 is 0 Å². The van der Waals surface area contributed by atoms with Crippen molar-refractivity contribution in [3.63, 3.8) is 0 Å². The number of thioether (sulfide) groups is 1. The standard InChI is InChI=1S/C21H18ClN7O2S2/c1-11(2)7-17-27-29-18(31)8-12(23-21(29)33-17)10-32-20-25-19(13-5-3-4-6-14(13)22)24-15-9-16(30)26-28(15)20/h3-6,8-9,11H,7,10H2,1-2H3,(H,26,30). The number of H-pyrrole nitrogens is 1. The quantitative estimate of drug-likeness (QED) is 0.355. The second kappa shape index (κ2) is 8.73. The van der Waals surface area contributed by atoms with Gasteiger partial charge in [-0.3, -0.25) is 14.7 Å². The lowest BCUT2D eigenvalue weighted by Crippen LogP contribution is -2.15. The van der Waals surface area contributed by atoms with E-state index in [0.29, 0.717) is 49.5 Å². The van der Waals surface area contributed by atoms with Gasteiger partial charge in [-0.05, 0) is 18.1 Å². The third-order valence-electron chi connectivity index (χ3n) is 4.71. The van der Waals surface area contributed by atoms with Crippen LogP contribution in [0.1, 0.15) is 24.5 Å². The van der Waals surface area contributed by atoms with Crippen molar-refractivity contribution in [1.82, 2.24) is 34.2 Å². The molecule has 33 heavy (non-hydrogen) atoms. The predicted octanol–water partition coefficient (Wildman–Crippen LogP) is 3.69. The summed E-state index contributed by atoms with van der Waals surface area (Å²) < 4.78 is 2.87. The molecule has 0 aliphatic rings. The Labute approximate surface area is 200 Å². The van der Waals surface area contributed by atoms with Gasteiger partial charge in [0.2, 0.25) is 4.96 Å². The van der Waals surface area contributed by atoms with Gasteiger partial charge < -0.3 is 0 Å². The maximum atomic E-state index is 12.6. The van der Waals surface area contributed by atoms with Crippen LogP contribution >= 0.6 is 34.7 Å². The zero-order valence-corrected chi connectivity index (χ0v) is 20.0. The molecule has 168 valence electrons. The van der Waals surface area contributed by atoms with E-state index in [-0.39, 0.29) is 11.1 Å². The minimum Gasteiger partial charge on any atom is -0.268 e. The molecule has 4 aromatic heterocycles. The lowest BCUT2D eigenvalue weighted by atomic mass is 10.1. The minimum absolute atomic E-state index is 0.221. The molecule has 1 N–H and O–H groups in total.